The standard InChI is InChI=1S/C27H27F3N6O2/c1-17-11-19(34-38-17)15-36-8-5-18(6-9-36)7-10-37-20-3-4-21(22(12-20)27(28,29)30)23-13-25-26(24(14-31)33-23)32-16-35(25)2/h3-4,11-13,16,18H,5-10,15H2,1-2H3. The molecule has 3 aromatic heterocycles. The number of piperidine rings is 1. The zero-order chi connectivity index (χ0) is 26.9. The topological polar surface area (TPSA) is 93.0 Å². The van der Waals surface area contributed by atoms with Crippen molar-refractivity contribution in [2.45, 2.75) is 38.9 Å². The number of nitrogens with zero attached hydrogens (tertiary/aromatic N) is 6. The number of hydrogen-bond donors (Lipinski definition) is 0. The third-order valence-corrected chi connectivity index (χ3v) is 6.96. The Morgan fingerprint density at radius 3 is 2.66 bits per heavy atom. The van der Waals surface area contributed by atoms with E-state index in [9.17, 15) is 18.4 Å². The van der Waals surface area contributed by atoms with Gasteiger partial charge in [0.15, 0.2) is 5.69 Å². The Balaban J connectivity index is 1.24. The van der Waals surface area contributed by atoms with Crippen LogP contribution in [0.5, 0.6) is 5.75 Å². The molecule has 1 fully saturated rings. The summed E-state index contributed by atoms with van der Waals surface area (Å²) >= 11 is 0. The number of nitriles is 1. The summed E-state index contributed by atoms with van der Waals surface area (Å²) in [6.45, 7) is 4.83. The molecule has 11 heteroatoms. The van der Waals surface area contributed by atoms with Crippen molar-refractivity contribution in [3.63, 3.8) is 0 Å². The lowest BCUT2D eigenvalue weighted by atomic mass is 9.94. The molecular weight excluding hydrogens is 497 g/mol. The molecule has 0 amide bonds. The van der Waals surface area contributed by atoms with Gasteiger partial charge in [-0.25, -0.2) is 9.97 Å². The predicted octanol–water partition coefficient (Wildman–Crippen LogP) is 5.50. The molecule has 198 valence electrons. The second kappa shape index (κ2) is 10.5. The lowest BCUT2D eigenvalue weighted by Crippen LogP contribution is -2.33. The summed E-state index contributed by atoms with van der Waals surface area (Å²) in [6, 6.07) is 9.28. The fraction of sp³-hybridized carbons (Fsp3) is 0.407. The van der Waals surface area contributed by atoms with E-state index < -0.39 is 11.7 Å². The summed E-state index contributed by atoms with van der Waals surface area (Å²) < 4.78 is 54.7. The number of likely N-dealkylation sites (tertiary alicyclic amines) is 1. The van der Waals surface area contributed by atoms with Gasteiger partial charge in [-0.05, 0) is 69.5 Å². The summed E-state index contributed by atoms with van der Waals surface area (Å²) in [5.41, 5.74) is 0.877. The monoisotopic (exact) mass is 524 g/mol. The number of halogens is 3. The van der Waals surface area contributed by atoms with Crippen molar-refractivity contribution in [1.29, 1.82) is 5.26 Å². The van der Waals surface area contributed by atoms with Gasteiger partial charge in [0.05, 0.1) is 35.4 Å². The normalized spacial score (nSPS) is 15.2. The van der Waals surface area contributed by atoms with Crippen LogP contribution in [0.1, 0.15) is 42.0 Å². The highest BCUT2D eigenvalue weighted by molar-refractivity contribution is 5.84. The maximum absolute atomic E-state index is 14.1. The van der Waals surface area contributed by atoms with Crippen LogP contribution in [0.2, 0.25) is 0 Å². The quantitative estimate of drug-likeness (QED) is 0.315. The molecular formula is C27H27F3N6O2. The molecule has 0 radical (unpaired) electrons. The van der Waals surface area contributed by atoms with Crippen LogP contribution >= 0.6 is 0 Å². The average Bonchev–Trinajstić information content (AvgIpc) is 3.48. The number of benzene rings is 1. The molecule has 0 unspecified atom stereocenters. The van der Waals surface area contributed by atoms with Crippen molar-refractivity contribution < 1.29 is 22.4 Å². The number of fused-ring (bicyclic) bond motifs is 1. The second-order valence-corrected chi connectivity index (χ2v) is 9.68. The van der Waals surface area contributed by atoms with Gasteiger partial charge in [-0.3, -0.25) is 4.90 Å². The molecule has 0 aliphatic carbocycles. The van der Waals surface area contributed by atoms with Gasteiger partial charge in [0.2, 0.25) is 0 Å². The zero-order valence-electron chi connectivity index (χ0n) is 21.1. The summed E-state index contributed by atoms with van der Waals surface area (Å²) in [5.74, 6) is 1.40. The minimum atomic E-state index is -4.63. The van der Waals surface area contributed by atoms with Gasteiger partial charge in [0, 0.05) is 25.2 Å². The molecule has 1 aliphatic heterocycles. The summed E-state index contributed by atoms with van der Waals surface area (Å²) in [4.78, 5) is 10.6. The Labute approximate surface area is 217 Å². The van der Waals surface area contributed by atoms with Gasteiger partial charge in [-0.2, -0.15) is 18.4 Å². The molecule has 0 spiro atoms. The number of imidazole rings is 1. The maximum atomic E-state index is 14.1. The van der Waals surface area contributed by atoms with Crippen LogP contribution in [0.4, 0.5) is 13.2 Å². The first-order valence-corrected chi connectivity index (χ1v) is 12.4. The highest BCUT2D eigenvalue weighted by Crippen LogP contribution is 2.39. The molecule has 4 heterocycles. The molecule has 0 atom stereocenters. The lowest BCUT2D eigenvalue weighted by molar-refractivity contribution is -0.137. The number of aromatic nitrogens is 4. The Morgan fingerprint density at radius 1 is 1.18 bits per heavy atom. The van der Waals surface area contributed by atoms with Gasteiger partial charge in [0.25, 0.3) is 0 Å². The summed E-state index contributed by atoms with van der Waals surface area (Å²) in [5, 5.41) is 13.5. The number of hydrogen-bond acceptors (Lipinski definition) is 7. The van der Waals surface area contributed by atoms with Crippen LogP contribution in [0.15, 0.2) is 41.2 Å². The highest BCUT2D eigenvalue weighted by Gasteiger charge is 2.35. The third-order valence-electron chi connectivity index (χ3n) is 6.96. The number of rotatable bonds is 7. The van der Waals surface area contributed by atoms with E-state index in [1.807, 2.05) is 19.1 Å². The summed E-state index contributed by atoms with van der Waals surface area (Å²) in [7, 11) is 1.71. The molecule has 1 saturated heterocycles. The first kappa shape index (κ1) is 25.7. The van der Waals surface area contributed by atoms with Crippen molar-refractivity contribution in [3.8, 4) is 23.1 Å². The molecule has 38 heavy (non-hydrogen) atoms. The molecule has 4 aromatic rings. The molecule has 0 N–H and O–H groups in total. The Bertz CT molecular complexity index is 1480. The van der Waals surface area contributed by atoms with Crippen LogP contribution in [-0.4, -0.2) is 44.3 Å². The smallest absolute Gasteiger partial charge is 0.417 e. The van der Waals surface area contributed by atoms with Crippen LogP contribution in [-0.2, 0) is 19.8 Å². The van der Waals surface area contributed by atoms with Crippen LogP contribution in [0.25, 0.3) is 22.3 Å². The minimum Gasteiger partial charge on any atom is -0.494 e. The van der Waals surface area contributed by atoms with E-state index in [2.05, 4.69) is 20.0 Å². The van der Waals surface area contributed by atoms with E-state index in [1.165, 1.54) is 24.5 Å². The zero-order valence-corrected chi connectivity index (χ0v) is 21.1. The average molecular weight is 525 g/mol. The lowest BCUT2D eigenvalue weighted by Gasteiger charge is -2.31. The van der Waals surface area contributed by atoms with Crippen molar-refractivity contribution in [2.75, 3.05) is 19.7 Å². The van der Waals surface area contributed by atoms with Gasteiger partial charge in [-0.1, -0.05) is 5.16 Å². The third kappa shape index (κ3) is 5.50. The first-order valence-electron chi connectivity index (χ1n) is 12.4. The second-order valence-electron chi connectivity index (χ2n) is 9.68. The van der Waals surface area contributed by atoms with E-state index in [-0.39, 0.29) is 22.7 Å². The maximum Gasteiger partial charge on any atom is 0.417 e. The highest BCUT2D eigenvalue weighted by atomic mass is 19.4. The van der Waals surface area contributed by atoms with Gasteiger partial charge in [-0.15, -0.1) is 0 Å². The van der Waals surface area contributed by atoms with Gasteiger partial charge in [0.1, 0.15) is 23.1 Å². The molecule has 0 saturated carbocycles. The number of ether oxygens (including phenoxy) is 1. The molecule has 5 rings (SSSR count). The van der Waals surface area contributed by atoms with E-state index in [1.54, 1.807) is 11.6 Å². The van der Waals surface area contributed by atoms with E-state index in [0.717, 1.165) is 56.4 Å². The van der Waals surface area contributed by atoms with Crippen molar-refractivity contribution in [1.82, 2.24) is 24.6 Å². The Kier molecular flexibility index (Phi) is 7.08. The molecule has 1 aliphatic rings. The molecule has 1 aromatic carbocycles. The molecule has 8 nitrogen and oxygen atoms in total. The minimum absolute atomic E-state index is 0.0197. The number of aryl methyl sites for hydroxylation is 2. The van der Waals surface area contributed by atoms with Gasteiger partial charge >= 0.3 is 6.18 Å². The number of alkyl halides is 3. The predicted molar refractivity (Wildman–Crippen MR) is 133 cm³/mol. The fourth-order valence-corrected chi connectivity index (χ4v) is 4.91. The van der Waals surface area contributed by atoms with E-state index in [0.29, 0.717) is 23.6 Å². The first-order chi connectivity index (χ1) is 18.2. The fourth-order valence-electron chi connectivity index (χ4n) is 4.91. The molecule has 0 bridgehead atoms. The van der Waals surface area contributed by atoms with Crippen molar-refractivity contribution >= 4 is 11.0 Å². The Hall–Kier alpha value is -3.91. The SMILES string of the molecule is Cc1cc(CN2CCC(CCOc3ccc(-c4cc5c(ncn5C)c(C#N)n4)c(C(F)(F)F)c3)CC2)no1. The summed E-state index contributed by atoms with van der Waals surface area (Å²) in [6.07, 6.45) is -0.364. The van der Waals surface area contributed by atoms with E-state index in [4.69, 9.17) is 9.26 Å². The van der Waals surface area contributed by atoms with Crippen LogP contribution in [0.3, 0.4) is 0 Å². The Morgan fingerprint density at radius 2 is 1.97 bits per heavy atom. The van der Waals surface area contributed by atoms with Crippen LogP contribution < -0.4 is 4.74 Å². The van der Waals surface area contributed by atoms with Crippen LogP contribution in [0, 0.1) is 24.2 Å². The van der Waals surface area contributed by atoms with Gasteiger partial charge < -0.3 is 13.8 Å². The van der Waals surface area contributed by atoms with Crippen molar-refractivity contribution in [3.05, 3.63) is 59.4 Å². The van der Waals surface area contributed by atoms with E-state index >= 15 is 0 Å². The van der Waals surface area contributed by atoms with Crippen molar-refractivity contribution in [2.24, 2.45) is 13.0 Å². The number of pyridine rings is 1. The largest absolute Gasteiger partial charge is 0.494 e.